The lowest BCUT2D eigenvalue weighted by atomic mass is 10.2. The van der Waals surface area contributed by atoms with E-state index in [-0.39, 0.29) is 11.9 Å². The van der Waals surface area contributed by atoms with Crippen molar-refractivity contribution in [2.45, 2.75) is 26.3 Å². The summed E-state index contributed by atoms with van der Waals surface area (Å²) in [4.78, 5) is 1.86. The van der Waals surface area contributed by atoms with Crippen molar-refractivity contribution >= 4 is 11.4 Å². The molecular weight excluding hydrogens is 205 g/mol. The van der Waals surface area contributed by atoms with Gasteiger partial charge in [0.05, 0.1) is 18.2 Å². The predicted octanol–water partition coefficient (Wildman–Crippen LogP) is 2.54. The molecule has 0 heterocycles. The van der Waals surface area contributed by atoms with Crippen molar-refractivity contribution in [2.75, 3.05) is 17.2 Å². The van der Waals surface area contributed by atoms with Gasteiger partial charge in [-0.1, -0.05) is 0 Å². The largest absolute Gasteiger partial charge is 0.399 e. The van der Waals surface area contributed by atoms with E-state index < -0.39 is 0 Å². The Hall–Kier alpha value is -1.76. The number of nitrogens with two attached hydrogens (primary N) is 1. The first-order chi connectivity index (χ1) is 7.56. The van der Waals surface area contributed by atoms with Crippen LogP contribution in [-0.2, 0) is 0 Å². The summed E-state index contributed by atoms with van der Waals surface area (Å²) < 4.78 is 13.7. The first-order valence-corrected chi connectivity index (χ1v) is 5.25. The maximum absolute atomic E-state index is 13.7. The van der Waals surface area contributed by atoms with Crippen LogP contribution in [0, 0.1) is 17.1 Å². The first kappa shape index (κ1) is 12.3. The second kappa shape index (κ2) is 5.36. The van der Waals surface area contributed by atoms with Gasteiger partial charge in [0.15, 0.2) is 0 Å². The molecule has 0 amide bonds. The van der Waals surface area contributed by atoms with E-state index in [1.165, 1.54) is 6.07 Å². The van der Waals surface area contributed by atoms with Crippen LogP contribution >= 0.6 is 0 Å². The smallest absolute Gasteiger partial charge is 0.148 e. The minimum absolute atomic E-state index is 0.145. The van der Waals surface area contributed by atoms with Gasteiger partial charge in [-0.05, 0) is 32.0 Å². The highest BCUT2D eigenvalue weighted by Gasteiger charge is 2.14. The lowest BCUT2D eigenvalue weighted by Crippen LogP contribution is -2.32. The molecule has 0 radical (unpaired) electrons. The van der Waals surface area contributed by atoms with Crippen molar-refractivity contribution in [1.82, 2.24) is 0 Å². The average molecular weight is 221 g/mol. The molecule has 0 aromatic heterocycles. The van der Waals surface area contributed by atoms with Gasteiger partial charge >= 0.3 is 0 Å². The molecule has 2 N–H and O–H groups in total. The van der Waals surface area contributed by atoms with E-state index in [2.05, 4.69) is 6.07 Å². The number of hydrogen-bond acceptors (Lipinski definition) is 3. The molecule has 16 heavy (non-hydrogen) atoms. The standard InChI is InChI=1S/C12H16FN3/c1-9(2)16(7-3-6-14)12-5-4-10(15)8-11(12)13/h4-5,8-9H,3,7,15H2,1-2H3. The van der Waals surface area contributed by atoms with Crippen LogP contribution in [0.4, 0.5) is 15.8 Å². The Labute approximate surface area is 95.3 Å². The van der Waals surface area contributed by atoms with Crippen molar-refractivity contribution in [1.29, 1.82) is 5.26 Å². The topological polar surface area (TPSA) is 53.0 Å². The number of nitrogen functional groups attached to an aromatic ring is 1. The molecule has 1 aromatic carbocycles. The zero-order chi connectivity index (χ0) is 12.1. The second-order valence-corrected chi connectivity index (χ2v) is 3.91. The number of nitriles is 1. The fraction of sp³-hybridized carbons (Fsp3) is 0.417. The van der Waals surface area contributed by atoms with E-state index in [0.29, 0.717) is 24.3 Å². The number of hydrogen-bond donors (Lipinski definition) is 1. The first-order valence-electron chi connectivity index (χ1n) is 5.25. The third-order valence-electron chi connectivity index (χ3n) is 2.37. The zero-order valence-corrected chi connectivity index (χ0v) is 9.57. The lowest BCUT2D eigenvalue weighted by molar-refractivity contribution is 0.601. The summed E-state index contributed by atoms with van der Waals surface area (Å²) in [7, 11) is 0. The third kappa shape index (κ3) is 2.86. The van der Waals surface area contributed by atoms with Crippen molar-refractivity contribution in [3.05, 3.63) is 24.0 Å². The van der Waals surface area contributed by atoms with Gasteiger partial charge < -0.3 is 10.6 Å². The van der Waals surface area contributed by atoms with Crippen LogP contribution in [0.25, 0.3) is 0 Å². The number of benzene rings is 1. The van der Waals surface area contributed by atoms with E-state index in [0.717, 1.165) is 0 Å². The Kier molecular flexibility index (Phi) is 4.12. The molecule has 0 unspecified atom stereocenters. The van der Waals surface area contributed by atoms with Crippen LogP contribution in [0.3, 0.4) is 0 Å². The summed E-state index contributed by atoms with van der Waals surface area (Å²) in [5, 5.41) is 8.57. The van der Waals surface area contributed by atoms with Crippen LogP contribution in [0.2, 0.25) is 0 Å². The van der Waals surface area contributed by atoms with Gasteiger partial charge in [-0.2, -0.15) is 5.26 Å². The third-order valence-corrected chi connectivity index (χ3v) is 2.37. The minimum Gasteiger partial charge on any atom is -0.399 e. The highest BCUT2D eigenvalue weighted by atomic mass is 19.1. The van der Waals surface area contributed by atoms with Gasteiger partial charge in [0.2, 0.25) is 0 Å². The van der Waals surface area contributed by atoms with E-state index in [1.807, 2.05) is 18.7 Å². The molecule has 4 heteroatoms. The molecule has 0 aliphatic carbocycles. The van der Waals surface area contributed by atoms with Gasteiger partial charge in [-0.15, -0.1) is 0 Å². The molecular formula is C12H16FN3. The van der Waals surface area contributed by atoms with Crippen molar-refractivity contribution in [3.8, 4) is 6.07 Å². The highest BCUT2D eigenvalue weighted by molar-refractivity contribution is 5.55. The number of nitrogens with zero attached hydrogens (tertiary/aromatic N) is 2. The predicted molar refractivity (Wildman–Crippen MR) is 63.5 cm³/mol. The number of halogens is 1. The molecule has 0 spiro atoms. The monoisotopic (exact) mass is 221 g/mol. The Morgan fingerprint density at radius 2 is 2.19 bits per heavy atom. The van der Waals surface area contributed by atoms with E-state index in [9.17, 15) is 4.39 Å². The number of rotatable bonds is 4. The van der Waals surface area contributed by atoms with Crippen LogP contribution in [0.15, 0.2) is 18.2 Å². The SMILES string of the molecule is CC(C)N(CCC#N)c1ccc(N)cc1F. The molecule has 86 valence electrons. The fourth-order valence-corrected chi connectivity index (χ4v) is 1.58. The molecule has 1 aromatic rings. The van der Waals surface area contributed by atoms with Crippen molar-refractivity contribution in [2.24, 2.45) is 0 Å². The molecule has 0 atom stereocenters. The van der Waals surface area contributed by atoms with Gasteiger partial charge in [0.25, 0.3) is 0 Å². The molecule has 1 rings (SSSR count). The summed E-state index contributed by atoms with van der Waals surface area (Å²) in [6.07, 6.45) is 0.377. The van der Waals surface area contributed by atoms with Crippen molar-refractivity contribution in [3.63, 3.8) is 0 Å². The summed E-state index contributed by atoms with van der Waals surface area (Å²) in [5.74, 6) is -0.341. The molecule has 0 bridgehead atoms. The van der Waals surface area contributed by atoms with Crippen LogP contribution in [0.5, 0.6) is 0 Å². The number of anilines is 2. The fourth-order valence-electron chi connectivity index (χ4n) is 1.58. The zero-order valence-electron chi connectivity index (χ0n) is 9.57. The molecule has 0 aliphatic heterocycles. The van der Waals surface area contributed by atoms with Crippen molar-refractivity contribution < 1.29 is 4.39 Å². The molecule has 0 saturated carbocycles. The molecule has 3 nitrogen and oxygen atoms in total. The summed E-state index contributed by atoms with van der Waals surface area (Å²) in [5.41, 5.74) is 6.40. The summed E-state index contributed by atoms with van der Waals surface area (Å²) in [6.45, 7) is 4.45. The van der Waals surface area contributed by atoms with Crippen LogP contribution < -0.4 is 10.6 Å². The van der Waals surface area contributed by atoms with Gasteiger partial charge in [-0.3, -0.25) is 0 Å². The summed E-state index contributed by atoms with van der Waals surface area (Å²) in [6, 6.07) is 6.83. The Morgan fingerprint density at radius 1 is 1.50 bits per heavy atom. The maximum Gasteiger partial charge on any atom is 0.148 e. The summed E-state index contributed by atoms with van der Waals surface area (Å²) >= 11 is 0. The maximum atomic E-state index is 13.7. The Bertz CT molecular complexity index is 396. The molecule has 0 aliphatic rings. The van der Waals surface area contributed by atoms with Gasteiger partial charge in [0.1, 0.15) is 5.82 Å². The second-order valence-electron chi connectivity index (χ2n) is 3.91. The minimum atomic E-state index is -0.341. The highest BCUT2D eigenvalue weighted by Crippen LogP contribution is 2.23. The normalized spacial score (nSPS) is 10.2. The lowest BCUT2D eigenvalue weighted by Gasteiger charge is -2.28. The van der Waals surface area contributed by atoms with Crippen LogP contribution in [0.1, 0.15) is 20.3 Å². The Balaban J connectivity index is 2.97. The molecule has 0 fully saturated rings. The van der Waals surface area contributed by atoms with Crippen LogP contribution in [-0.4, -0.2) is 12.6 Å². The van der Waals surface area contributed by atoms with E-state index in [4.69, 9.17) is 11.0 Å². The van der Waals surface area contributed by atoms with E-state index in [1.54, 1.807) is 12.1 Å². The van der Waals surface area contributed by atoms with Gasteiger partial charge in [0, 0.05) is 18.3 Å². The van der Waals surface area contributed by atoms with Gasteiger partial charge in [-0.25, -0.2) is 4.39 Å². The Morgan fingerprint density at radius 3 is 2.69 bits per heavy atom. The van der Waals surface area contributed by atoms with E-state index >= 15 is 0 Å². The molecule has 0 saturated heterocycles. The average Bonchev–Trinajstić information content (AvgIpc) is 2.20. The quantitative estimate of drug-likeness (QED) is 0.795.